The number of para-hydroxylation sites is 1. The molecule has 3 N–H and O–H groups in total. The molecule has 0 aliphatic carbocycles. The quantitative estimate of drug-likeness (QED) is 0.469. The third-order valence-electron chi connectivity index (χ3n) is 5.73. The predicted molar refractivity (Wildman–Crippen MR) is 126 cm³/mol. The van der Waals surface area contributed by atoms with E-state index in [0.29, 0.717) is 23.4 Å². The number of unbranched alkanes of at least 4 members (excludes halogenated alkanes) is 1. The zero-order chi connectivity index (χ0) is 22.7. The highest BCUT2D eigenvalue weighted by Crippen LogP contribution is 2.58. The monoisotopic (exact) mass is 460 g/mol. The van der Waals surface area contributed by atoms with Crippen molar-refractivity contribution in [2.75, 3.05) is 19.6 Å². The number of nitrogens with zero attached hydrogens (tertiary/aromatic N) is 1. The Balaban J connectivity index is 1.21. The maximum Gasteiger partial charge on any atom is 0.274 e. The van der Waals surface area contributed by atoms with Gasteiger partial charge in [0.25, 0.3) is 5.91 Å². The summed E-state index contributed by atoms with van der Waals surface area (Å²) in [5, 5.41) is 3.43. The molecule has 32 heavy (non-hydrogen) atoms. The van der Waals surface area contributed by atoms with E-state index in [0.717, 1.165) is 43.9 Å². The van der Waals surface area contributed by atoms with Gasteiger partial charge in [-0.15, -0.1) is 0 Å². The van der Waals surface area contributed by atoms with Gasteiger partial charge in [0.2, 0.25) is 0 Å². The van der Waals surface area contributed by atoms with Gasteiger partial charge >= 0.3 is 0 Å². The van der Waals surface area contributed by atoms with E-state index in [1.54, 1.807) is 24.3 Å². The molecule has 0 fully saturated rings. The van der Waals surface area contributed by atoms with Crippen molar-refractivity contribution < 1.29 is 23.4 Å². The van der Waals surface area contributed by atoms with Crippen LogP contribution in [0.5, 0.6) is 11.5 Å². The van der Waals surface area contributed by atoms with Crippen molar-refractivity contribution in [3.8, 4) is 11.5 Å². The van der Waals surface area contributed by atoms with Gasteiger partial charge in [-0.2, -0.15) is 0 Å². The van der Waals surface area contributed by atoms with Crippen molar-refractivity contribution in [3.63, 3.8) is 0 Å². The van der Waals surface area contributed by atoms with E-state index in [9.17, 15) is 13.9 Å². The van der Waals surface area contributed by atoms with E-state index < -0.39 is 10.8 Å². The summed E-state index contributed by atoms with van der Waals surface area (Å²) >= 11 is 0. The summed E-state index contributed by atoms with van der Waals surface area (Å²) in [5.41, 5.74) is 1.58. The minimum absolute atomic E-state index is 0.0843. The molecular formula is C24H32N2O5S. The fraction of sp³-hybridized carbons (Fsp3) is 0.458. The summed E-state index contributed by atoms with van der Waals surface area (Å²) in [4.78, 5) is 12.9. The van der Waals surface area contributed by atoms with Crippen LogP contribution in [-0.2, 0) is 6.42 Å². The lowest BCUT2D eigenvalue weighted by molar-refractivity contribution is 0.0861. The van der Waals surface area contributed by atoms with Crippen LogP contribution in [0, 0.1) is 0 Å². The molecule has 8 heteroatoms. The number of ether oxygens (including phenoxy) is 2. The first-order chi connectivity index (χ1) is 15.4. The number of fused-ring (bicyclic) bond motifs is 2. The van der Waals surface area contributed by atoms with Crippen LogP contribution < -0.4 is 14.8 Å². The van der Waals surface area contributed by atoms with Crippen LogP contribution in [0.15, 0.2) is 47.4 Å². The fourth-order valence-corrected chi connectivity index (χ4v) is 5.83. The first kappa shape index (κ1) is 22.9. The number of amides is 1. The zero-order valence-electron chi connectivity index (χ0n) is 18.6. The van der Waals surface area contributed by atoms with Crippen molar-refractivity contribution in [2.45, 2.75) is 56.6 Å². The normalized spacial score (nSPS) is 20.0. The second-order valence-corrected chi connectivity index (χ2v) is 10.4. The molecule has 2 heterocycles. The van der Waals surface area contributed by atoms with Crippen LogP contribution >= 0.6 is 10.8 Å². The number of aryl methyl sites for hydroxylation is 1. The molecule has 0 spiro atoms. The van der Waals surface area contributed by atoms with Crippen molar-refractivity contribution >= 4 is 16.7 Å². The molecule has 1 atom stereocenters. The third kappa shape index (κ3) is 4.73. The van der Waals surface area contributed by atoms with E-state index in [1.807, 2.05) is 26.0 Å². The molecule has 174 valence electrons. The number of benzene rings is 2. The standard InChI is InChI=1S/C24H32N2O5S/c1-17(2)30-21-10-7-8-18-12-13-19(31-23(18)21)16-25-14-5-6-15-26-24(27)20-9-3-4-11-22(20)32(26,28)29/h3-4,7-11,17,19,25,28-29H,5-6,12-16H2,1-2H3. The van der Waals surface area contributed by atoms with Gasteiger partial charge in [-0.25, -0.2) is 4.31 Å². The topological polar surface area (TPSA) is 91.3 Å². The molecule has 7 nitrogen and oxygen atoms in total. The van der Waals surface area contributed by atoms with E-state index in [2.05, 4.69) is 11.4 Å². The molecule has 0 saturated heterocycles. The molecule has 0 radical (unpaired) electrons. The SMILES string of the molecule is CC(C)Oc1cccc2c1OC(CNCCCCN1C(=O)c3ccccc3S1(O)O)CC2. The highest BCUT2D eigenvalue weighted by atomic mass is 32.3. The van der Waals surface area contributed by atoms with E-state index >= 15 is 0 Å². The first-order valence-electron chi connectivity index (χ1n) is 11.2. The van der Waals surface area contributed by atoms with Crippen LogP contribution in [0.2, 0.25) is 0 Å². The molecule has 4 rings (SSSR count). The second-order valence-electron chi connectivity index (χ2n) is 8.52. The fourth-order valence-electron chi connectivity index (χ4n) is 4.17. The average Bonchev–Trinajstić information content (AvgIpc) is 2.96. The van der Waals surface area contributed by atoms with Gasteiger partial charge in [0.1, 0.15) is 6.10 Å². The highest BCUT2D eigenvalue weighted by Gasteiger charge is 2.40. The molecule has 1 unspecified atom stereocenters. The van der Waals surface area contributed by atoms with Crippen molar-refractivity contribution in [3.05, 3.63) is 53.6 Å². The van der Waals surface area contributed by atoms with Gasteiger partial charge in [-0.3, -0.25) is 13.9 Å². The van der Waals surface area contributed by atoms with Crippen LogP contribution in [0.4, 0.5) is 0 Å². The Labute approximate surface area is 191 Å². The smallest absolute Gasteiger partial charge is 0.274 e. The molecular weight excluding hydrogens is 428 g/mol. The van der Waals surface area contributed by atoms with Crippen LogP contribution in [-0.4, -0.2) is 51.2 Å². The van der Waals surface area contributed by atoms with Gasteiger partial charge in [0, 0.05) is 13.1 Å². The maximum absolute atomic E-state index is 12.5. The summed E-state index contributed by atoms with van der Waals surface area (Å²) in [7, 11) is -3.22. The Kier molecular flexibility index (Phi) is 6.95. The molecule has 0 aromatic heterocycles. The highest BCUT2D eigenvalue weighted by molar-refractivity contribution is 8.23. The Morgan fingerprint density at radius 1 is 1.19 bits per heavy atom. The van der Waals surface area contributed by atoms with E-state index in [1.165, 1.54) is 9.87 Å². The summed E-state index contributed by atoms with van der Waals surface area (Å²) < 4.78 is 34.4. The number of hydrogen-bond acceptors (Lipinski definition) is 6. The number of rotatable bonds is 9. The van der Waals surface area contributed by atoms with Gasteiger partial charge in [0.05, 0.1) is 16.6 Å². The molecule has 1 amide bonds. The minimum atomic E-state index is -3.22. The predicted octanol–water partition coefficient (Wildman–Crippen LogP) is 4.72. The number of hydrogen-bond donors (Lipinski definition) is 3. The van der Waals surface area contributed by atoms with Gasteiger partial charge < -0.3 is 14.8 Å². The maximum atomic E-state index is 12.5. The summed E-state index contributed by atoms with van der Waals surface area (Å²) in [5.74, 6) is 1.36. The molecule has 0 saturated carbocycles. The molecule has 2 aliphatic heterocycles. The first-order valence-corrected chi connectivity index (χ1v) is 12.7. The molecule has 2 aromatic rings. The summed E-state index contributed by atoms with van der Waals surface area (Å²) in [6.45, 7) is 5.84. The van der Waals surface area contributed by atoms with Gasteiger partial charge in [0.15, 0.2) is 11.5 Å². The van der Waals surface area contributed by atoms with Crippen molar-refractivity contribution in [1.29, 1.82) is 0 Å². The molecule has 0 bridgehead atoms. The number of nitrogens with one attached hydrogen (secondary N) is 1. The van der Waals surface area contributed by atoms with Crippen LogP contribution in [0.3, 0.4) is 0 Å². The van der Waals surface area contributed by atoms with Crippen LogP contribution in [0.1, 0.15) is 49.0 Å². The Bertz CT molecular complexity index is 965. The zero-order valence-corrected chi connectivity index (χ0v) is 19.4. The van der Waals surface area contributed by atoms with E-state index in [4.69, 9.17) is 9.47 Å². The Hall–Kier alpha value is -2.26. The lowest BCUT2D eigenvalue weighted by atomic mass is 10.0. The van der Waals surface area contributed by atoms with Crippen molar-refractivity contribution in [1.82, 2.24) is 9.62 Å². The Morgan fingerprint density at radius 2 is 2.00 bits per heavy atom. The summed E-state index contributed by atoms with van der Waals surface area (Å²) in [6.07, 6.45) is 3.60. The van der Waals surface area contributed by atoms with Crippen LogP contribution in [0.25, 0.3) is 0 Å². The van der Waals surface area contributed by atoms with Gasteiger partial charge in [-0.1, -0.05) is 35.0 Å². The lowest BCUT2D eigenvalue weighted by Crippen LogP contribution is -2.35. The second kappa shape index (κ2) is 9.70. The number of carbonyl (C=O) groups is 1. The third-order valence-corrected chi connectivity index (χ3v) is 7.64. The largest absolute Gasteiger partial charge is 0.487 e. The Morgan fingerprint density at radius 3 is 2.78 bits per heavy atom. The van der Waals surface area contributed by atoms with Crippen molar-refractivity contribution in [2.24, 2.45) is 0 Å². The average molecular weight is 461 g/mol. The molecule has 2 aromatic carbocycles. The van der Waals surface area contributed by atoms with E-state index in [-0.39, 0.29) is 18.1 Å². The summed E-state index contributed by atoms with van der Waals surface area (Å²) in [6, 6.07) is 12.8. The molecule has 2 aliphatic rings. The minimum Gasteiger partial charge on any atom is -0.487 e. The lowest BCUT2D eigenvalue weighted by Gasteiger charge is -2.36. The number of carbonyl (C=O) groups excluding carboxylic acids is 1. The van der Waals surface area contributed by atoms with Gasteiger partial charge in [-0.05, 0) is 69.8 Å².